The van der Waals surface area contributed by atoms with E-state index in [2.05, 4.69) is 48.9 Å². The number of rotatable bonds is 6. The molecule has 8 nitrogen and oxygen atoms in total. The van der Waals surface area contributed by atoms with E-state index in [1.807, 2.05) is 31.0 Å². The maximum atomic E-state index is 4.10. The van der Waals surface area contributed by atoms with Gasteiger partial charge in [0.1, 0.15) is 0 Å². The summed E-state index contributed by atoms with van der Waals surface area (Å²) in [6.07, 6.45) is 4.20. The summed E-state index contributed by atoms with van der Waals surface area (Å²) in [5, 5.41) is 19.7. The summed E-state index contributed by atoms with van der Waals surface area (Å²) in [4.78, 5) is 2.08. The molecule has 0 aliphatic carbocycles. The Morgan fingerprint density at radius 3 is 2.86 bits per heavy atom. The maximum absolute atomic E-state index is 4.10. The van der Waals surface area contributed by atoms with Gasteiger partial charge in [-0.25, -0.2) is 4.68 Å². The SMILES string of the molecule is CN(C)c1cccc(Cn2nnnc2CCn2ccnn2)c1. The number of hydrogen-bond donors (Lipinski definition) is 0. The average Bonchev–Trinajstić information content (AvgIpc) is 3.17. The second kappa shape index (κ2) is 6.33. The van der Waals surface area contributed by atoms with Gasteiger partial charge in [0.05, 0.1) is 12.7 Å². The number of aryl methyl sites for hydroxylation is 2. The lowest BCUT2D eigenvalue weighted by atomic mass is 10.2. The van der Waals surface area contributed by atoms with Crippen molar-refractivity contribution in [1.82, 2.24) is 35.2 Å². The zero-order valence-electron chi connectivity index (χ0n) is 12.7. The van der Waals surface area contributed by atoms with Crippen molar-refractivity contribution in [2.24, 2.45) is 0 Å². The van der Waals surface area contributed by atoms with Crippen LogP contribution in [0.25, 0.3) is 0 Å². The quantitative estimate of drug-likeness (QED) is 0.664. The minimum atomic E-state index is 0.654. The zero-order valence-corrected chi connectivity index (χ0v) is 12.7. The Labute approximate surface area is 128 Å². The summed E-state index contributed by atoms with van der Waals surface area (Å²) in [7, 11) is 4.05. The van der Waals surface area contributed by atoms with E-state index >= 15 is 0 Å². The van der Waals surface area contributed by atoms with Crippen LogP contribution in [0, 0.1) is 0 Å². The molecule has 0 amide bonds. The van der Waals surface area contributed by atoms with Crippen LogP contribution >= 0.6 is 0 Å². The van der Waals surface area contributed by atoms with E-state index < -0.39 is 0 Å². The van der Waals surface area contributed by atoms with Crippen LogP contribution in [0.3, 0.4) is 0 Å². The van der Waals surface area contributed by atoms with Crippen LogP contribution in [0.15, 0.2) is 36.7 Å². The fourth-order valence-corrected chi connectivity index (χ4v) is 2.20. The van der Waals surface area contributed by atoms with Crippen molar-refractivity contribution in [2.75, 3.05) is 19.0 Å². The molecular weight excluding hydrogens is 280 g/mol. The molecule has 114 valence electrons. The van der Waals surface area contributed by atoms with Crippen molar-refractivity contribution in [3.63, 3.8) is 0 Å². The van der Waals surface area contributed by atoms with Gasteiger partial charge in [-0.05, 0) is 28.1 Å². The Kier molecular flexibility index (Phi) is 4.08. The third-order valence-corrected chi connectivity index (χ3v) is 3.40. The van der Waals surface area contributed by atoms with E-state index in [-0.39, 0.29) is 0 Å². The lowest BCUT2D eigenvalue weighted by Gasteiger charge is -2.13. The lowest BCUT2D eigenvalue weighted by molar-refractivity contribution is 0.548. The molecule has 1 aromatic carbocycles. The van der Waals surface area contributed by atoms with Gasteiger partial charge in [-0.2, -0.15) is 0 Å². The molecule has 0 N–H and O–H groups in total. The molecular formula is C14H18N8. The molecule has 0 aliphatic rings. The number of tetrazole rings is 1. The van der Waals surface area contributed by atoms with Crippen molar-refractivity contribution in [3.8, 4) is 0 Å². The molecule has 0 aliphatic heterocycles. The monoisotopic (exact) mass is 298 g/mol. The van der Waals surface area contributed by atoms with Crippen molar-refractivity contribution < 1.29 is 0 Å². The topological polar surface area (TPSA) is 77.5 Å². The van der Waals surface area contributed by atoms with Crippen LogP contribution in [0.2, 0.25) is 0 Å². The minimum Gasteiger partial charge on any atom is -0.378 e. The van der Waals surface area contributed by atoms with Crippen molar-refractivity contribution in [2.45, 2.75) is 19.5 Å². The van der Waals surface area contributed by atoms with Gasteiger partial charge in [0.25, 0.3) is 0 Å². The fourth-order valence-electron chi connectivity index (χ4n) is 2.20. The number of benzene rings is 1. The van der Waals surface area contributed by atoms with Gasteiger partial charge in [0, 0.05) is 38.9 Å². The van der Waals surface area contributed by atoms with Crippen LogP contribution in [-0.2, 0) is 19.5 Å². The highest BCUT2D eigenvalue weighted by Gasteiger charge is 2.08. The molecule has 3 rings (SSSR count). The highest BCUT2D eigenvalue weighted by atomic mass is 15.5. The third kappa shape index (κ3) is 3.27. The predicted molar refractivity (Wildman–Crippen MR) is 81.4 cm³/mol. The summed E-state index contributed by atoms with van der Waals surface area (Å²) in [6, 6.07) is 8.34. The lowest BCUT2D eigenvalue weighted by Crippen LogP contribution is -2.12. The minimum absolute atomic E-state index is 0.654. The normalized spacial score (nSPS) is 10.8. The molecule has 0 bridgehead atoms. The highest BCUT2D eigenvalue weighted by Crippen LogP contribution is 2.14. The molecule has 0 spiro atoms. The molecule has 3 aromatic rings. The summed E-state index contributed by atoms with van der Waals surface area (Å²) in [5.41, 5.74) is 2.33. The first kappa shape index (κ1) is 14.2. The van der Waals surface area contributed by atoms with Crippen LogP contribution in [0.1, 0.15) is 11.4 Å². The van der Waals surface area contributed by atoms with E-state index in [0.29, 0.717) is 19.5 Å². The number of anilines is 1. The van der Waals surface area contributed by atoms with Gasteiger partial charge in [-0.15, -0.1) is 10.2 Å². The maximum Gasteiger partial charge on any atom is 0.153 e. The second-order valence-electron chi connectivity index (χ2n) is 5.23. The van der Waals surface area contributed by atoms with E-state index in [4.69, 9.17) is 0 Å². The fraction of sp³-hybridized carbons (Fsp3) is 0.357. The van der Waals surface area contributed by atoms with Gasteiger partial charge < -0.3 is 4.90 Å². The van der Waals surface area contributed by atoms with E-state index in [0.717, 1.165) is 11.5 Å². The van der Waals surface area contributed by atoms with Gasteiger partial charge >= 0.3 is 0 Å². The Morgan fingerprint density at radius 2 is 2.09 bits per heavy atom. The van der Waals surface area contributed by atoms with Gasteiger partial charge in [-0.1, -0.05) is 17.3 Å². The molecule has 0 unspecified atom stereocenters. The Hall–Kier alpha value is -2.77. The molecule has 0 radical (unpaired) electrons. The van der Waals surface area contributed by atoms with Crippen LogP contribution in [-0.4, -0.2) is 49.3 Å². The first-order valence-corrected chi connectivity index (χ1v) is 7.08. The number of hydrogen-bond acceptors (Lipinski definition) is 6. The summed E-state index contributed by atoms with van der Waals surface area (Å²) >= 11 is 0. The standard InChI is InChI=1S/C14H18N8/c1-20(2)13-5-3-4-12(10-13)11-22-14(16-17-19-22)6-8-21-9-7-15-18-21/h3-5,7,9-10H,6,8,11H2,1-2H3. The average molecular weight is 298 g/mol. The Morgan fingerprint density at radius 1 is 1.18 bits per heavy atom. The number of nitrogens with zero attached hydrogens (tertiary/aromatic N) is 8. The Bertz CT molecular complexity index is 716. The van der Waals surface area contributed by atoms with Crippen LogP contribution in [0.4, 0.5) is 5.69 Å². The van der Waals surface area contributed by atoms with E-state index in [9.17, 15) is 0 Å². The molecule has 2 aromatic heterocycles. The molecule has 8 heteroatoms. The first-order chi connectivity index (χ1) is 10.7. The largest absolute Gasteiger partial charge is 0.378 e. The van der Waals surface area contributed by atoms with Crippen molar-refractivity contribution in [3.05, 3.63) is 48.0 Å². The zero-order chi connectivity index (χ0) is 15.4. The van der Waals surface area contributed by atoms with Crippen molar-refractivity contribution >= 4 is 5.69 Å². The summed E-state index contributed by atoms with van der Waals surface area (Å²) < 4.78 is 3.59. The number of aromatic nitrogens is 7. The third-order valence-electron chi connectivity index (χ3n) is 3.40. The molecule has 22 heavy (non-hydrogen) atoms. The van der Waals surface area contributed by atoms with Gasteiger partial charge in [0.2, 0.25) is 0 Å². The molecule has 0 fully saturated rings. The Balaban J connectivity index is 1.70. The molecule has 0 saturated heterocycles. The van der Waals surface area contributed by atoms with Gasteiger partial charge in [0.15, 0.2) is 5.82 Å². The predicted octanol–water partition coefficient (Wildman–Crippen LogP) is 0.622. The highest BCUT2D eigenvalue weighted by molar-refractivity contribution is 5.47. The van der Waals surface area contributed by atoms with Crippen molar-refractivity contribution in [1.29, 1.82) is 0 Å². The van der Waals surface area contributed by atoms with Crippen LogP contribution < -0.4 is 4.90 Å². The van der Waals surface area contributed by atoms with E-state index in [1.165, 1.54) is 5.56 Å². The smallest absolute Gasteiger partial charge is 0.153 e. The van der Waals surface area contributed by atoms with E-state index in [1.54, 1.807) is 10.9 Å². The second-order valence-corrected chi connectivity index (χ2v) is 5.23. The molecule has 2 heterocycles. The molecule has 0 atom stereocenters. The summed E-state index contributed by atoms with van der Waals surface area (Å²) in [5.74, 6) is 0.839. The summed E-state index contributed by atoms with van der Waals surface area (Å²) in [6.45, 7) is 1.36. The van der Waals surface area contributed by atoms with Crippen LogP contribution in [0.5, 0.6) is 0 Å². The van der Waals surface area contributed by atoms with Gasteiger partial charge in [-0.3, -0.25) is 4.68 Å². The first-order valence-electron chi connectivity index (χ1n) is 7.08. The molecule has 0 saturated carbocycles.